The van der Waals surface area contributed by atoms with E-state index < -0.39 is 0 Å². The number of benzene rings is 4. The standard InChI is InChI=1S/C28H16S2/c1-13-11-19-21-15-7-3-6-10-18(15)24-26-22(20-12-14(2)30-28(20)24)16-8-4-5-9-17(16)23(25(21)26)27(19)29-13/h3-12H,1-2H3. The maximum absolute atomic E-state index is 2.41. The van der Waals surface area contributed by atoms with Crippen LogP contribution in [0.3, 0.4) is 0 Å². The van der Waals surface area contributed by atoms with Crippen LogP contribution in [0.4, 0.5) is 0 Å². The lowest BCUT2D eigenvalue weighted by molar-refractivity contribution is 1.57. The second-order valence-corrected chi connectivity index (χ2v) is 11.1. The quantitative estimate of drug-likeness (QED) is 0.223. The summed E-state index contributed by atoms with van der Waals surface area (Å²) in [5.41, 5.74) is 0. The highest BCUT2D eigenvalue weighted by atomic mass is 32.1. The molecular weight excluding hydrogens is 400 g/mol. The molecule has 2 heterocycles. The summed E-state index contributed by atoms with van der Waals surface area (Å²) < 4.78 is 2.91. The van der Waals surface area contributed by atoms with Gasteiger partial charge >= 0.3 is 0 Å². The van der Waals surface area contributed by atoms with Crippen molar-refractivity contribution in [1.29, 1.82) is 0 Å². The zero-order valence-electron chi connectivity index (χ0n) is 16.6. The highest BCUT2D eigenvalue weighted by Crippen LogP contribution is 2.41. The summed E-state index contributed by atoms with van der Waals surface area (Å²) in [4.78, 5) is 2.79. The molecule has 6 aromatic rings. The molecule has 0 spiro atoms. The van der Waals surface area contributed by atoms with Crippen LogP contribution < -0.4 is 0 Å². The molecule has 0 amide bonds. The van der Waals surface area contributed by atoms with Gasteiger partial charge in [-0.25, -0.2) is 0 Å². The summed E-state index contributed by atoms with van der Waals surface area (Å²) in [7, 11) is 0. The molecule has 0 atom stereocenters. The highest BCUT2D eigenvalue weighted by Gasteiger charge is 2.21. The van der Waals surface area contributed by atoms with Gasteiger partial charge in [-0.3, -0.25) is 0 Å². The van der Waals surface area contributed by atoms with Crippen molar-refractivity contribution in [3.63, 3.8) is 0 Å². The van der Waals surface area contributed by atoms with Gasteiger partial charge in [0.25, 0.3) is 0 Å². The van der Waals surface area contributed by atoms with E-state index in [4.69, 9.17) is 0 Å². The Hall–Kier alpha value is -2.94. The SMILES string of the molecule is Cc1cc2c(s1)=c1c3ccccc3c3c4c(c5ccccc5c=2c14)=c1sc(C)cc1=3. The van der Waals surface area contributed by atoms with Crippen molar-refractivity contribution in [2.45, 2.75) is 13.8 Å². The largest absolute Gasteiger partial charge is 0.140 e. The Bertz CT molecular complexity index is 1870. The molecule has 0 unspecified atom stereocenters. The Kier molecular flexibility index (Phi) is 2.65. The molecule has 2 heteroatoms. The summed E-state index contributed by atoms with van der Waals surface area (Å²) >= 11 is 3.91. The Morgan fingerprint density at radius 2 is 0.867 bits per heavy atom. The fraction of sp³-hybridized carbons (Fsp3) is 0.0714. The molecule has 4 aromatic carbocycles. The van der Waals surface area contributed by atoms with Gasteiger partial charge in [0, 0.05) is 50.5 Å². The third-order valence-corrected chi connectivity index (χ3v) is 9.02. The summed E-state index contributed by atoms with van der Waals surface area (Å²) in [5.74, 6) is 0. The van der Waals surface area contributed by atoms with Gasteiger partial charge in [-0.05, 0) is 58.0 Å². The van der Waals surface area contributed by atoms with Crippen molar-refractivity contribution in [1.82, 2.24) is 0 Å². The van der Waals surface area contributed by atoms with Crippen LogP contribution in [0.15, 0.2) is 60.7 Å². The first-order chi connectivity index (χ1) is 14.7. The van der Waals surface area contributed by atoms with Crippen LogP contribution in [-0.2, 0) is 0 Å². The fourth-order valence-electron chi connectivity index (χ4n) is 5.93. The van der Waals surface area contributed by atoms with Gasteiger partial charge in [-0.2, -0.15) is 0 Å². The maximum atomic E-state index is 2.41. The van der Waals surface area contributed by atoms with E-state index in [-0.39, 0.29) is 0 Å². The Labute approximate surface area is 179 Å². The number of hydrogen-bond acceptors (Lipinski definition) is 2. The lowest BCUT2D eigenvalue weighted by atomic mass is 9.94. The summed E-state index contributed by atoms with van der Waals surface area (Å²) in [6, 6.07) is 23.0. The Balaban J connectivity index is 2.01. The van der Waals surface area contributed by atoms with Crippen LogP contribution in [0.25, 0.3) is 32.3 Å². The number of thiophene rings is 2. The van der Waals surface area contributed by atoms with Gasteiger partial charge in [0.1, 0.15) is 0 Å². The minimum Gasteiger partial charge on any atom is -0.140 e. The number of hydrogen-bond donors (Lipinski definition) is 0. The van der Waals surface area contributed by atoms with Gasteiger partial charge in [-0.15, -0.1) is 22.7 Å². The van der Waals surface area contributed by atoms with Gasteiger partial charge in [0.15, 0.2) is 0 Å². The van der Waals surface area contributed by atoms with E-state index in [1.165, 1.54) is 82.4 Å². The van der Waals surface area contributed by atoms with Crippen molar-refractivity contribution in [3.05, 3.63) is 111 Å². The molecule has 0 saturated carbocycles. The minimum absolute atomic E-state index is 1.39. The van der Waals surface area contributed by atoms with E-state index >= 15 is 0 Å². The second kappa shape index (κ2) is 5.03. The van der Waals surface area contributed by atoms with Gasteiger partial charge < -0.3 is 0 Å². The average molecular weight is 417 g/mol. The molecule has 0 aliphatic heterocycles. The molecule has 2 aliphatic carbocycles. The molecule has 140 valence electrons. The van der Waals surface area contributed by atoms with Gasteiger partial charge in [0.2, 0.25) is 0 Å². The van der Waals surface area contributed by atoms with Gasteiger partial charge in [0.05, 0.1) is 0 Å². The highest BCUT2D eigenvalue weighted by molar-refractivity contribution is 7.10. The normalized spacial score (nSPS) is 13.0. The number of rotatable bonds is 0. The van der Waals surface area contributed by atoms with Crippen molar-refractivity contribution < 1.29 is 0 Å². The van der Waals surface area contributed by atoms with Crippen LogP contribution >= 0.6 is 22.7 Å². The Morgan fingerprint density at radius 1 is 0.500 bits per heavy atom. The molecule has 0 radical (unpaired) electrons. The lowest BCUT2D eigenvalue weighted by Gasteiger charge is -2.08. The Morgan fingerprint density at radius 3 is 1.27 bits per heavy atom. The van der Waals surface area contributed by atoms with Crippen molar-refractivity contribution in [2.24, 2.45) is 0 Å². The van der Waals surface area contributed by atoms with Crippen molar-refractivity contribution in [2.75, 3.05) is 0 Å². The van der Waals surface area contributed by atoms with E-state index in [0.29, 0.717) is 0 Å². The van der Waals surface area contributed by atoms with Crippen molar-refractivity contribution in [3.8, 4) is 0 Å². The average Bonchev–Trinajstić information content (AvgIpc) is 3.46. The third-order valence-electron chi connectivity index (χ3n) is 6.88. The molecule has 2 aliphatic rings. The van der Waals surface area contributed by atoms with Crippen LogP contribution in [0.5, 0.6) is 0 Å². The van der Waals surface area contributed by atoms with E-state index in [9.17, 15) is 0 Å². The zero-order valence-corrected chi connectivity index (χ0v) is 18.2. The molecule has 0 saturated heterocycles. The zero-order chi connectivity index (χ0) is 19.7. The van der Waals surface area contributed by atoms with E-state index in [0.717, 1.165) is 0 Å². The van der Waals surface area contributed by atoms with Crippen molar-refractivity contribution >= 4 is 55.0 Å². The topological polar surface area (TPSA) is 0 Å². The lowest BCUT2D eigenvalue weighted by Crippen LogP contribution is -1.87. The van der Waals surface area contributed by atoms with E-state index in [1.807, 2.05) is 22.7 Å². The first-order valence-corrected chi connectivity index (χ1v) is 12.0. The maximum Gasteiger partial charge on any atom is 0.0437 e. The number of aryl methyl sites for hydroxylation is 2. The van der Waals surface area contributed by atoms with E-state index in [1.54, 1.807) is 0 Å². The molecule has 2 aromatic heterocycles. The monoisotopic (exact) mass is 416 g/mol. The third kappa shape index (κ3) is 1.61. The van der Waals surface area contributed by atoms with Crippen LogP contribution in [-0.4, -0.2) is 0 Å². The minimum atomic E-state index is 1.39. The molecule has 30 heavy (non-hydrogen) atoms. The summed E-state index contributed by atoms with van der Waals surface area (Å²) in [5, 5.41) is 17.3. The van der Waals surface area contributed by atoms with Crippen LogP contribution in [0, 0.1) is 54.2 Å². The fourth-order valence-corrected chi connectivity index (χ4v) is 8.10. The summed E-state index contributed by atoms with van der Waals surface area (Å²) in [6.07, 6.45) is 0. The smallest absolute Gasteiger partial charge is 0.0437 e. The first kappa shape index (κ1) is 15.8. The van der Waals surface area contributed by atoms with Crippen LogP contribution in [0.1, 0.15) is 9.75 Å². The second-order valence-electron chi connectivity index (χ2n) is 8.54. The molecular formula is C28H16S2. The molecule has 8 rings (SSSR count). The predicted molar refractivity (Wildman–Crippen MR) is 128 cm³/mol. The van der Waals surface area contributed by atoms with Gasteiger partial charge in [-0.1, -0.05) is 48.5 Å². The molecule has 0 N–H and O–H groups in total. The van der Waals surface area contributed by atoms with Crippen LogP contribution in [0.2, 0.25) is 0 Å². The molecule has 0 fully saturated rings. The van der Waals surface area contributed by atoms with E-state index in [2.05, 4.69) is 74.5 Å². The molecule has 0 bridgehead atoms. The summed E-state index contributed by atoms with van der Waals surface area (Å²) in [6.45, 7) is 4.48. The first-order valence-electron chi connectivity index (χ1n) is 10.4. The number of fused-ring (bicyclic) bond motifs is 8. The molecule has 0 nitrogen and oxygen atoms in total. The predicted octanol–water partition coefficient (Wildman–Crippen LogP) is 7.66.